The molecule has 0 fully saturated rings. The van der Waals surface area contributed by atoms with E-state index in [0.717, 1.165) is 5.56 Å². The maximum absolute atomic E-state index is 13.4. The molecule has 0 radical (unpaired) electrons. The quantitative estimate of drug-likeness (QED) is 0.480. The summed E-state index contributed by atoms with van der Waals surface area (Å²) < 4.78 is 20.2. The monoisotopic (exact) mass is 457 g/mol. The summed E-state index contributed by atoms with van der Waals surface area (Å²) in [6.45, 7) is 2.19. The number of aromatic nitrogens is 3. The van der Waals surface area contributed by atoms with Gasteiger partial charge < -0.3 is 19.9 Å². The van der Waals surface area contributed by atoms with Gasteiger partial charge in [0.25, 0.3) is 5.91 Å². The fourth-order valence-corrected chi connectivity index (χ4v) is 3.60. The van der Waals surface area contributed by atoms with E-state index in [-0.39, 0.29) is 17.6 Å². The molecule has 3 aromatic rings. The first-order chi connectivity index (χ1) is 15.4. The average Bonchev–Trinajstić information content (AvgIpc) is 3.14. The molecular formula is C22H24FN5O3S. The van der Waals surface area contributed by atoms with Crippen molar-refractivity contribution in [3.63, 3.8) is 0 Å². The van der Waals surface area contributed by atoms with Gasteiger partial charge in [-0.15, -0.1) is 10.2 Å². The molecule has 0 aliphatic rings. The maximum atomic E-state index is 13.4. The highest BCUT2D eigenvalue weighted by molar-refractivity contribution is 7.99. The Morgan fingerprint density at radius 3 is 2.62 bits per heavy atom. The Kier molecular flexibility index (Phi) is 7.82. The molecule has 2 amide bonds. The lowest BCUT2D eigenvalue weighted by Crippen LogP contribution is -2.26. The van der Waals surface area contributed by atoms with Gasteiger partial charge in [0.2, 0.25) is 5.91 Å². The molecular weight excluding hydrogens is 433 g/mol. The summed E-state index contributed by atoms with van der Waals surface area (Å²) >= 11 is 1.23. The van der Waals surface area contributed by atoms with Gasteiger partial charge in [-0.2, -0.15) is 0 Å². The molecule has 0 saturated carbocycles. The number of nitrogens with one attached hydrogen (secondary N) is 2. The Morgan fingerprint density at radius 2 is 1.91 bits per heavy atom. The van der Waals surface area contributed by atoms with Crippen LogP contribution in [0.25, 0.3) is 0 Å². The Labute approximate surface area is 189 Å². The van der Waals surface area contributed by atoms with Gasteiger partial charge in [0, 0.05) is 31.3 Å². The van der Waals surface area contributed by atoms with Crippen LogP contribution in [-0.2, 0) is 18.3 Å². The van der Waals surface area contributed by atoms with E-state index >= 15 is 0 Å². The highest BCUT2D eigenvalue weighted by atomic mass is 32.2. The zero-order valence-electron chi connectivity index (χ0n) is 18.0. The fraction of sp³-hybridized carbons (Fsp3) is 0.273. The number of carbonyl (C=O) groups excluding carboxylic acids is 2. The van der Waals surface area contributed by atoms with Crippen LogP contribution in [0.1, 0.15) is 21.7 Å². The van der Waals surface area contributed by atoms with E-state index in [1.165, 1.54) is 23.9 Å². The van der Waals surface area contributed by atoms with Crippen molar-refractivity contribution in [2.75, 3.05) is 24.7 Å². The van der Waals surface area contributed by atoms with Gasteiger partial charge in [-0.1, -0.05) is 17.8 Å². The third kappa shape index (κ3) is 6.07. The number of anilines is 1. The predicted molar refractivity (Wildman–Crippen MR) is 121 cm³/mol. The minimum absolute atomic E-state index is 0.107. The second-order valence-electron chi connectivity index (χ2n) is 6.99. The molecule has 0 aliphatic heterocycles. The Balaban J connectivity index is 1.47. The molecule has 0 saturated heterocycles. The van der Waals surface area contributed by atoms with Crippen LogP contribution >= 0.6 is 11.8 Å². The molecule has 2 aromatic carbocycles. The number of thioether (sulfide) groups is 1. The second-order valence-corrected chi connectivity index (χ2v) is 7.93. The summed E-state index contributed by atoms with van der Waals surface area (Å²) in [6.07, 6.45) is 0.487. The Bertz CT molecular complexity index is 1100. The smallest absolute Gasteiger partial charge is 0.251 e. The number of methoxy groups -OCH3 is 1. The third-order valence-electron chi connectivity index (χ3n) is 4.72. The van der Waals surface area contributed by atoms with Gasteiger partial charge >= 0.3 is 0 Å². The Morgan fingerprint density at radius 1 is 1.16 bits per heavy atom. The first-order valence-electron chi connectivity index (χ1n) is 9.86. The van der Waals surface area contributed by atoms with Crippen molar-refractivity contribution in [2.45, 2.75) is 18.5 Å². The molecule has 8 nitrogen and oxygen atoms in total. The SMILES string of the molecule is COc1ccc(C(=O)NCCc2nnc(SCC(=O)Nc3cc(F)ccc3C)n2C)cc1. The van der Waals surface area contributed by atoms with Crippen molar-refractivity contribution in [1.82, 2.24) is 20.1 Å². The first-order valence-corrected chi connectivity index (χ1v) is 10.8. The van der Waals surface area contributed by atoms with Gasteiger partial charge in [-0.25, -0.2) is 4.39 Å². The maximum Gasteiger partial charge on any atom is 0.251 e. The summed E-state index contributed by atoms with van der Waals surface area (Å²) in [4.78, 5) is 24.5. The molecule has 0 unspecified atom stereocenters. The van der Waals surface area contributed by atoms with E-state index < -0.39 is 5.82 Å². The molecule has 2 N–H and O–H groups in total. The van der Waals surface area contributed by atoms with Crippen LogP contribution in [-0.4, -0.2) is 46.0 Å². The van der Waals surface area contributed by atoms with E-state index in [2.05, 4.69) is 20.8 Å². The second kappa shape index (κ2) is 10.8. The normalized spacial score (nSPS) is 10.6. The number of rotatable bonds is 9. The number of benzene rings is 2. The van der Waals surface area contributed by atoms with Crippen molar-refractivity contribution >= 4 is 29.3 Å². The zero-order valence-corrected chi connectivity index (χ0v) is 18.8. The zero-order chi connectivity index (χ0) is 23.1. The number of hydrogen-bond donors (Lipinski definition) is 2. The predicted octanol–water partition coefficient (Wildman–Crippen LogP) is 2.97. The lowest BCUT2D eigenvalue weighted by molar-refractivity contribution is -0.113. The number of ether oxygens (including phenoxy) is 1. The summed E-state index contributed by atoms with van der Waals surface area (Å²) in [5, 5.41) is 14.4. The van der Waals surface area contributed by atoms with Crippen molar-refractivity contribution in [2.24, 2.45) is 7.05 Å². The van der Waals surface area contributed by atoms with Gasteiger partial charge in [0.05, 0.1) is 12.9 Å². The lowest BCUT2D eigenvalue weighted by atomic mass is 10.2. The molecule has 0 bridgehead atoms. The summed E-state index contributed by atoms with van der Waals surface area (Å²) in [5.74, 6) is 0.620. The third-order valence-corrected chi connectivity index (χ3v) is 5.74. The lowest BCUT2D eigenvalue weighted by Gasteiger charge is -2.08. The number of amides is 2. The average molecular weight is 458 g/mol. The first kappa shape index (κ1) is 23.3. The fourth-order valence-electron chi connectivity index (χ4n) is 2.87. The largest absolute Gasteiger partial charge is 0.497 e. The summed E-state index contributed by atoms with van der Waals surface area (Å²) in [6, 6.07) is 11.1. The van der Waals surface area contributed by atoms with E-state index in [9.17, 15) is 14.0 Å². The van der Waals surface area contributed by atoms with Gasteiger partial charge in [-0.3, -0.25) is 9.59 Å². The molecule has 0 aliphatic carbocycles. The number of carbonyl (C=O) groups is 2. The number of hydrogen-bond acceptors (Lipinski definition) is 6. The molecule has 0 atom stereocenters. The van der Waals surface area contributed by atoms with Crippen LogP contribution in [0.3, 0.4) is 0 Å². The highest BCUT2D eigenvalue weighted by Gasteiger charge is 2.13. The molecule has 1 heterocycles. The van der Waals surface area contributed by atoms with Crippen molar-refractivity contribution in [3.8, 4) is 5.75 Å². The summed E-state index contributed by atoms with van der Waals surface area (Å²) in [7, 11) is 3.37. The van der Waals surface area contributed by atoms with Crippen LogP contribution in [0.15, 0.2) is 47.6 Å². The van der Waals surface area contributed by atoms with Gasteiger partial charge in [0.15, 0.2) is 5.16 Å². The number of nitrogens with zero attached hydrogens (tertiary/aromatic N) is 3. The van der Waals surface area contributed by atoms with Gasteiger partial charge in [-0.05, 0) is 48.9 Å². The van der Waals surface area contributed by atoms with Crippen molar-refractivity contribution in [3.05, 3.63) is 65.2 Å². The van der Waals surface area contributed by atoms with Crippen LogP contribution in [0.4, 0.5) is 10.1 Å². The van der Waals surface area contributed by atoms with Crippen LogP contribution in [0.5, 0.6) is 5.75 Å². The van der Waals surface area contributed by atoms with Crippen LogP contribution in [0.2, 0.25) is 0 Å². The van der Waals surface area contributed by atoms with E-state index in [1.807, 2.05) is 0 Å². The van der Waals surface area contributed by atoms with Crippen LogP contribution < -0.4 is 15.4 Å². The van der Waals surface area contributed by atoms with E-state index in [0.29, 0.717) is 40.9 Å². The topological polar surface area (TPSA) is 98.1 Å². The van der Waals surface area contributed by atoms with Gasteiger partial charge in [0.1, 0.15) is 17.4 Å². The number of halogens is 1. The minimum Gasteiger partial charge on any atom is -0.497 e. The molecule has 168 valence electrons. The van der Waals surface area contributed by atoms with Crippen LogP contribution in [0, 0.1) is 12.7 Å². The summed E-state index contributed by atoms with van der Waals surface area (Å²) in [5.41, 5.74) is 1.77. The Hall–Kier alpha value is -3.40. The molecule has 0 spiro atoms. The molecule has 3 rings (SSSR count). The standard InChI is InChI=1S/C22H24FN5O3S/c1-14-4-7-16(23)12-18(14)25-20(29)13-32-22-27-26-19(28(22)2)10-11-24-21(30)15-5-8-17(31-3)9-6-15/h4-9,12H,10-11,13H2,1-3H3,(H,24,30)(H,25,29). The van der Waals surface area contributed by atoms with Crippen molar-refractivity contribution < 1.29 is 18.7 Å². The molecule has 32 heavy (non-hydrogen) atoms. The van der Waals surface area contributed by atoms with Crippen molar-refractivity contribution in [1.29, 1.82) is 0 Å². The van der Waals surface area contributed by atoms with E-state index in [1.54, 1.807) is 56.0 Å². The molecule has 1 aromatic heterocycles. The number of aryl methyl sites for hydroxylation is 1. The molecule has 10 heteroatoms. The van der Waals surface area contributed by atoms with E-state index in [4.69, 9.17) is 4.74 Å². The highest BCUT2D eigenvalue weighted by Crippen LogP contribution is 2.19. The minimum atomic E-state index is -0.407.